The van der Waals surface area contributed by atoms with E-state index in [4.69, 9.17) is 23.2 Å². The highest BCUT2D eigenvalue weighted by molar-refractivity contribution is 6.35. The van der Waals surface area contributed by atoms with E-state index in [-0.39, 0.29) is 21.5 Å². The van der Waals surface area contributed by atoms with Crippen molar-refractivity contribution >= 4 is 34.2 Å². The fourth-order valence-electron chi connectivity index (χ4n) is 1.90. The Morgan fingerprint density at radius 1 is 1.12 bits per heavy atom. The highest BCUT2D eigenvalue weighted by Gasteiger charge is 2.19. The molecule has 7 heteroatoms. The van der Waals surface area contributed by atoms with Gasteiger partial charge in [-0.15, -0.1) is 0 Å². The minimum absolute atomic E-state index is 0.0325. The maximum absolute atomic E-state index is 12.0. The van der Waals surface area contributed by atoms with Crippen molar-refractivity contribution in [1.29, 1.82) is 0 Å². The summed E-state index contributed by atoms with van der Waals surface area (Å²) in [5.74, 6) is 0.741. The van der Waals surface area contributed by atoms with Crippen molar-refractivity contribution < 1.29 is 0 Å². The molecule has 1 aliphatic rings. The van der Waals surface area contributed by atoms with Gasteiger partial charge in [0, 0.05) is 13.0 Å². The average molecular weight is 257 g/mol. The first kappa shape index (κ1) is 9.99. The minimum atomic E-state index is -0.191. The van der Waals surface area contributed by atoms with Crippen molar-refractivity contribution in [2.75, 3.05) is 0 Å². The van der Waals surface area contributed by atoms with Gasteiger partial charge in [-0.2, -0.15) is 0 Å². The average Bonchev–Trinajstić information content (AvgIpc) is 2.68. The van der Waals surface area contributed by atoms with E-state index in [9.17, 15) is 4.79 Å². The van der Waals surface area contributed by atoms with Gasteiger partial charge in [0.2, 0.25) is 5.28 Å². The molecular formula is C9H6Cl2N4O. The largest absolute Gasteiger partial charge is 0.295 e. The van der Waals surface area contributed by atoms with Crippen LogP contribution in [0.15, 0.2) is 4.79 Å². The first-order valence-corrected chi connectivity index (χ1v) is 5.55. The maximum Gasteiger partial charge on any atom is 0.280 e. The van der Waals surface area contributed by atoms with Gasteiger partial charge in [0.15, 0.2) is 10.7 Å². The Morgan fingerprint density at radius 3 is 2.75 bits per heavy atom. The van der Waals surface area contributed by atoms with Crippen molar-refractivity contribution in [2.45, 2.75) is 19.4 Å². The Hall–Kier alpha value is -1.20. The smallest absolute Gasteiger partial charge is 0.280 e. The molecule has 0 unspecified atom stereocenters. The zero-order valence-electron chi connectivity index (χ0n) is 8.07. The molecule has 0 amide bonds. The number of hydrogen-bond donors (Lipinski definition) is 0. The van der Waals surface area contributed by atoms with Crippen LogP contribution < -0.4 is 5.56 Å². The van der Waals surface area contributed by atoms with Crippen LogP contribution in [-0.4, -0.2) is 19.5 Å². The fourth-order valence-corrected chi connectivity index (χ4v) is 2.33. The van der Waals surface area contributed by atoms with Gasteiger partial charge in [-0.3, -0.25) is 9.36 Å². The molecule has 3 rings (SSSR count). The molecule has 82 valence electrons. The van der Waals surface area contributed by atoms with Gasteiger partial charge in [-0.05, 0) is 18.0 Å². The van der Waals surface area contributed by atoms with Crippen LogP contribution in [0.2, 0.25) is 10.4 Å². The van der Waals surface area contributed by atoms with Crippen LogP contribution in [0.5, 0.6) is 0 Å². The number of halogens is 2. The molecule has 0 spiro atoms. The predicted molar refractivity (Wildman–Crippen MR) is 59.9 cm³/mol. The van der Waals surface area contributed by atoms with E-state index < -0.39 is 0 Å². The second-order valence-electron chi connectivity index (χ2n) is 3.57. The third kappa shape index (κ3) is 1.32. The first-order chi connectivity index (χ1) is 7.66. The lowest BCUT2D eigenvalue weighted by molar-refractivity contribution is 0.717. The summed E-state index contributed by atoms with van der Waals surface area (Å²) in [4.78, 5) is 24.0. The monoisotopic (exact) mass is 256 g/mol. The molecule has 2 aromatic rings. The molecule has 0 saturated heterocycles. The zero-order chi connectivity index (χ0) is 11.3. The van der Waals surface area contributed by atoms with Gasteiger partial charge in [-0.25, -0.2) is 15.0 Å². The molecule has 0 atom stereocenters. The van der Waals surface area contributed by atoms with E-state index in [2.05, 4.69) is 15.0 Å². The van der Waals surface area contributed by atoms with Crippen LogP contribution in [0.3, 0.4) is 0 Å². The maximum atomic E-state index is 12.0. The van der Waals surface area contributed by atoms with E-state index in [1.54, 1.807) is 4.57 Å². The zero-order valence-corrected chi connectivity index (χ0v) is 9.59. The fraction of sp³-hybridized carbons (Fsp3) is 0.333. The third-order valence-electron chi connectivity index (χ3n) is 2.60. The molecule has 5 nitrogen and oxygen atoms in total. The van der Waals surface area contributed by atoms with Crippen molar-refractivity contribution in [2.24, 2.45) is 0 Å². The van der Waals surface area contributed by atoms with Gasteiger partial charge in [-0.1, -0.05) is 11.6 Å². The van der Waals surface area contributed by atoms with E-state index in [0.717, 1.165) is 18.7 Å². The molecule has 0 radical (unpaired) electrons. The van der Waals surface area contributed by atoms with Crippen molar-refractivity contribution in [3.05, 3.63) is 26.6 Å². The SMILES string of the molecule is O=c1c2nc(Cl)nc(Cl)c2nc2n1CCC2. The highest BCUT2D eigenvalue weighted by atomic mass is 35.5. The second-order valence-corrected chi connectivity index (χ2v) is 4.27. The second kappa shape index (κ2) is 3.40. The van der Waals surface area contributed by atoms with Crippen molar-refractivity contribution in [1.82, 2.24) is 19.5 Å². The van der Waals surface area contributed by atoms with E-state index in [0.29, 0.717) is 12.1 Å². The first-order valence-electron chi connectivity index (χ1n) is 4.79. The number of aromatic nitrogens is 4. The molecular weight excluding hydrogens is 251 g/mol. The van der Waals surface area contributed by atoms with E-state index in [1.165, 1.54) is 0 Å². The number of nitrogens with zero attached hydrogens (tertiary/aromatic N) is 4. The summed E-state index contributed by atoms with van der Waals surface area (Å²) < 4.78 is 1.61. The summed E-state index contributed by atoms with van der Waals surface area (Å²) in [6.07, 6.45) is 1.70. The topological polar surface area (TPSA) is 60.7 Å². The molecule has 0 N–H and O–H groups in total. The van der Waals surface area contributed by atoms with Gasteiger partial charge < -0.3 is 0 Å². The van der Waals surface area contributed by atoms with Gasteiger partial charge in [0.05, 0.1) is 0 Å². The molecule has 0 fully saturated rings. The predicted octanol–water partition coefficient (Wildman–Crippen LogP) is 1.44. The normalized spacial score (nSPS) is 14.4. The molecule has 0 aromatic carbocycles. The molecule has 16 heavy (non-hydrogen) atoms. The molecule has 0 aliphatic carbocycles. The standard InChI is InChI=1S/C9H6Cl2N4O/c10-7-5-6(13-9(11)14-7)8(16)15-3-1-2-4(15)12-5/h1-3H2. The number of fused-ring (bicyclic) bond motifs is 2. The number of hydrogen-bond acceptors (Lipinski definition) is 4. The summed E-state index contributed by atoms with van der Waals surface area (Å²) in [6, 6.07) is 0. The van der Waals surface area contributed by atoms with Gasteiger partial charge >= 0.3 is 0 Å². The highest BCUT2D eigenvalue weighted by Crippen LogP contribution is 2.20. The number of rotatable bonds is 0. The molecule has 2 aromatic heterocycles. The molecule has 0 saturated carbocycles. The Balaban J connectivity index is 2.51. The lowest BCUT2D eigenvalue weighted by Crippen LogP contribution is -2.22. The van der Waals surface area contributed by atoms with Crippen LogP contribution in [0.4, 0.5) is 0 Å². The van der Waals surface area contributed by atoms with Gasteiger partial charge in [0.25, 0.3) is 5.56 Å². The van der Waals surface area contributed by atoms with Crippen LogP contribution in [-0.2, 0) is 13.0 Å². The summed E-state index contributed by atoms with van der Waals surface area (Å²) in [7, 11) is 0. The molecule has 1 aliphatic heterocycles. The van der Waals surface area contributed by atoms with Crippen LogP contribution in [0.25, 0.3) is 11.0 Å². The molecule has 0 bridgehead atoms. The van der Waals surface area contributed by atoms with Crippen LogP contribution >= 0.6 is 23.2 Å². The van der Waals surface area contributed by atoms with Crippen LogP contribution in [0, 0.1) is 0 Å². The van der Waals surface area contributed by atoms with Crippen molar-refractivity contribution in [3.63, 3.8) is 0 Å². The summed E-state index contributed by atoms with van der Waals surface area (Å²) in [5, 5.41) is 0.0948. The van der Waals surface area contributed by atoms with Crippen molar-refractivity contribution in [3.8, 4) is 0 Å². The van der Waals surface area contributed by atoms with Gasteiger partial charge in [0.1, 0.15) is 11.3 Å². The number of aryl methyl sites for hydroxylation is 1. The minimum Gasteiger partial charge on any atom is -0.295 e. The lowest BCUT2D eigenvalue weighted by atomic mass is 10.3. The summed E-state index contributed by atoms with van der Waals surface area (Å²) >= 11 is 11.6. The summed E-state index contributed by atoms with van der Waals surface area (Å²) in [5.41, 5.74) is 0.337. The quantitative estimate of drug-likeness (QED) is 0.529. The van der Waals surface area contributed by atoms with E-state index >= 15 is 0 Å². The Labute approximate surface area is 100 Å². The Morgan fingerprint density at radius 2 is 1.94 bits per heavy atom. The Kier molecular flexibility index (Phi) is 2.12. The third-order valence-corrected chi connectivity index (χ3v) is 3.03. The molecule has 3 heterocycles. The summed E-state index contributed by atoms with van der Waals surface area (Å²) in [6.45, 7) is 0.677. The van der Waals surface area contributed by atoms with Crippen LogP contribution in [0.1, 0.15) is 12.2 Å². The lowest BCUT2D eigenvalue weighted by Gasteiger charge is -2.04. The Bertz CT molecular complexity index is 652. The van der Waals surface area contributed by atoms with E-state index in [1.807, 2.05) is 0 Å².